The third kappa shape index (κ3) is 2.96. The van der Waals surface area contributed by atoms with Crippen molar-refractivity contribution < 1.29 is 19.1 Å². The Labute approximate surface area is 189 Å². The Morgan fingerprint density at radius 3 is 2.22 bits per heavy atom. The Hall–Kier alpha value is -3.75. The fourth-order valence-electron chi connectivity index (χ4n) is 4.31. The second kappa shape index (κ2) is 8.07. The number of carbonyl (C=O) groups excluding carboxylic acids is 2. The smallest absolute Gasteiger partial charge is 0.355 e. The molecule has 2 aromatic rings. The second-order valence-corrected chi connectivity index (χ2v) is 8.61. The lowest BCUT2D eigenvalue weighted by atomic mass is 9.66. The largest absolute Gasteiger partial charge is 0.466 e. The fourth-order valence-corrected chi connectivity index (χ4v) is 5.75. The molecule has 2 heterocycles. The summed E-state index contributed by atoms with van der Waals surface area (Å²) in [6.07, 6.45) is 0. The van der Waals surface area contributed by atoms with Crippen LogP contribution in [0.15, 0.2) is 64.7 Å². The number of carbonyl (C=O) groups is 2. The van der Waals surface area contributed by atoms with Gasteiger partial charge in [0, 0.05) is 4.90 Å². The van der Waals surface area contributed by atoms with E-state index in [-0.39, 0.29) is 11.3 Å². The summed E-state index contributed by atoms with van der Waals surface area (Å²) in [6.45, 7) is 1.91. The van der Waals surface area contributed by atoms with E-state index in [0.717, 1.165) is 10.5 Å². The number of anilines is 1. The topological polar surface area (TPSA) is 103 Å². The monoisotopic (exact) mass is 445 g/mol. The first kappa shape index (κ1) is 21.5. The zero-order valence-electron chi connectivity index (χ0n) is 17.7. The number of ether oxygens (including phenoxy) is 2. The molecule has 2 atom stereocenters. The number of fused-ring (bicyclic) bond motifs is 3. The van der Waals surface area contributed by atoms with Gasteiger partial charge in [-0.05, 0) is 24.6 Å². The van der Waals surface area contributed by atoms with Gasteiger partial charge in [-0.25, -0.2) is 9.59 Å². The van der Waals surface area contributed by atoms with E-state index >= 15 is 0 Å². The summed E-state index contributed by atoms with van der Waals surface area (Å²) in [5.74, 6) is -2.56. The molecule has 32 heavy (non-hydrogen) atoms. The van der Waals surface area contributed by atoms with Gasteiger partial charge in [0.15, 0.2) is 5.41 Å². The van der Waals surface area contributed by atoms with Gasteiger partial charge in [-0.3, -0.25) is 0 Å². The highest BCUT2D eigenvalue weighted by Crippen LogP contribution is 2.60. The Morgan fingerprint density at radius 2 is 1.62 bits per heavy atom. The van der Waals surface area contributed by atoms with E-state index in [1.165, 1.54) is 26.0 Å². The minimum atomic E-state index is -1.69. The first-order valence-corrected chi connectivity index (χ1v) is 10.7. The standard InChI is InChI=1S/C24H19N3O4S/c1-14-8-10-15(11-9-14)19-18(21(28)30-2)20(22(29)31-3)27-16-6-4-5-7-17(16)32-23(27)24(19,12-25)13-26/h4-11,19,23H,1-3H3/t19-,23+/m0/s1. The van der Waals surface area contributed by atoms with Gasteiger partial charge in [0.2, 0.25) is 0 Å². The Kier molecular flexibility index (Phi) is 5.41. The molecular formula is C24H19N3O4S. The average molecular weight is 446 g/mol. The molecule has 0 fully saturated rings. The van der Waals surface area contributed by atoms with Gasteiger partial charge in [0.1, 0.15) is 11.1 Å². The predicted octanol–water partition coefficient (Wildman–Crippen LogP) is 3.66. The van der Waals surface area contributed by atoms with Crippen molar-refractivity contribution in [2.75, 3.05) is 19.1 Å². The summed E-state index contributed by atoms with van der Waals surface area (Å²) in [5.41, 5.74) is 0.386. The van der Waals surface area contributed by atoms with Crippen LogP contribution in [0.2, 0.25) is 0 Å². The molecule has 4 rings (SSSR count). The molecule has 0 amide bonds. The van der Waals surface area contributed by atoms with Crippen LogP contribution in [0, 0.1) is 35.0 Å². The molecule has 2 aromatic carbocycles. The highest BCUT2D eigenvalue weighted by Gasteiger charge is 2.62. The van der Waals surface area contributed by atoms with Crippen LogP contribution in [-0.4, -0.2) is 31.5 Å². The van der Waals surface area contributed by atoms with Gasteiger partial charge < -0.3 is 14.4 Å². The lowest BCUT2D eigenvalue weighted by Gasteiger charge is -2.45. The van der Waals surface area contributed by atoms with E-state index in [9.17, 15) is 20.1 Å². The quantitative estimate of drug-likeness (QED) is 0.660. The summed E-state index contributed by atoms with van der Waals surface area (Å²) in [6, 6.07) is 18.9. The van der Waals surface area contributed by atoms with Gasteiger partial charge in [-0.2, -0.15) is 10.5 Å². The van der Waals surface area contributed by atoms with E-state index < -0.39 is 28.6 Å². The van der Waals surface area contributed by atoms with Crippen LogP contribution in [0.4, 0.5) is 5.69 Å². The molecule has 0 saturated heterocycles. The number of benzene rings is 2. The summed E-state index contributed by atoms with van der Waals surface area (Å²) in [7, 11) is 2.43. The molecule has 0 aliphatic carbocycles. The van der Waals surface area contributed by atoms with Crippen molar-refractivity contribution in [1.29, 1.82) is 10.5 Å². The first-order valence-electron chi connectivity index (χ1n) is 9.78. The second-order valence-electron chi connectivity index (χ2n) is 7.49. The van der Waals surface area contributed by atoms with Gasteiger partial charge in [-0.1, -0.05) is 53.7 Å². The molecule has 0 saturated carbocycles. The number of esters is 2. The van der Waals surface area contributed by atoms with E-state index in [2.05, 4.69) is 12.1 Å². The van der Waals surface area contributed by atoms with Crippen molar-refractivity contribution in [1.82, 2.24) is 0 Å². The molecule has 0 aromatic heterocycles. The normalized spacial score (nSPS) is 20.5. The molecule has 0 spiro atoms. The summed E-state index contributed by atoms with van der Waals surface area (Å²) in [5, 5.41) is 20.0. The van der Waals surface area contributed by atoms with E-state index in [1.807, 2.05) is 31.2 Å². The summed E-state index contributed by atoms with van der Waals surface area (Å²) >= 11 is 1.32. The van der Waals surface area contributed by atoms with Gasteiger partial charge in [0.25, 0.3) is 0 Å². The van der Waals surface area contributed by atoms with Crippen molar-refractivity contribution in [2.24, 2.45) is 5.41 Å². The highest BCUT2D eigenvalue weighted by atomic mass is 32.2. The lowest BCUT2D eigenvalue weighted by molar-refractivity contribution is -0.140. The number of methoxy groups -OCH3 is 2. The minimum Gasteiger partial charge on any atom is -0.466 e. The Balaban J connectivity index is 2.13. The number of hydrogen-bond donors (Lipinski definition) is 0. The van der Waals surface area contributed by atoms with E-state index in [1.54, 1.807) is 29.2 Å². The molecule has 2 aliphatic heterocycles. The maximum Gasteiger partial charge on any atom is 0.355 e. The predicted molar refractivity (Wildman–Crippen MR) is 117 cm³/mol. The fraction of sp³-hybridized carbons (Fsp3) is 0.250. The third-order valence-electron chi connectivity index (χ3n) is 5.79. The Morgan fingerprint density at radius 1 is 1.00 bits per heavy atom. The number of para-hydroxylation sites is 1. The number of aryl methyl sites for hydroxylation is 1. The molecule has 0 radical (unpaired) electrons. The van der Waals surface area contributed by atoms with Crippen molar-refractivity contribution in [2.45, 2.75) is 23.1 Å². The molecule has 2 aliphatic rings. The molecule has 0 bridgehead atoms. The van der Waals surface area contributed by atoms with Crippen LogP contribution in [0.25, 0.3) is 0 Å². The van der Waals surface area contributed by atoms with E-state index in [0.29, 0.717) is 11.3 Å². The SMILES string of the molecule is COC(=O)C1=C(C(=O)OC)N2c3ccccc3S[C@@H]2C(C#N)(C#N)[C@H]1c1ccc(C)cc1. The number of hydrogen-bond acceptors (Lipinski definition) is 8. The lowest BCUT2D eigenvalue weighted by Crippen LogP contribution is -2.53. The zero-order chi connectivity index (χ0) is 23.0. The maximum atomic E-state index is 13.1. The zero-order valence-corrected chi connectivity index (χ0v) is 18.5. The van der Waals surface area contributed by atoms with Crippen LogP contribution in [-0.2, 0) is 19.1 Å². The molecule has 160 valence electrons. The highest BCUT2D eigenvalue weighted by molar-refractivity contribution is 8.00. The number of nitrogens with zero attached hydrogens (tertiary/aromatic N) is 3. The van der Waals surface area contributed by atoms with Crippen LogP contribution in [0.5, 0.6) is 0 Å². The van der Waals surface area contributed by atoms with Crippen LogP contribution in [0.1, 0.15) is 17.0 Å². The average Bonchev–Trinajstić information content (AvgIpc) is 3.22. The molecule has 0 unspecified atom stereocenters. The van der Waals surface area contributed by atoms with Gasteiger partial charge in [0.05, 0.1) is 43.5 Å². The van der Waals surface area contributed by atoms with Crippen LogP contribution >= 0.6 is 11.8 Å². The molecule has 8 heteroatoms. The molecular weight excluding hydrogens is 426 g/mol. The van der Waals surface area contributed by atoms with Crippen LogP contribution < -0.4 is 4.90 Å². The van der Waals surface area contributed by atoms with Gasteiger partial charge >= 0.3 is 11.9 Å². The van der Waals surface area contributed by atoms with Gasteiger partial charge in [-0.15, -0.1) is 0 Å². The van der Waals surface area contributed by atoms with Crippen LogP contribution in [0.3, 0.4) is 0 Å². The van der Waals surface area contributed by atoms with Crippen molar-refractivity contribution in [3.8, 4) is 12.1 Å². The van der Waals surface area contributed by atoms with Crippen molar-refractivity contribution in [3.05, 3.63) is 70.9 Å². The number of nitriles is 2. The third-order valence-corrected chi connectivity index (χ3v) is 7.20. The summed E-state index contributed by atoms with van der Waals surface area (Å²) in [4.78, 5) is 28.6. The summed E-state index contributed by atoms with van der Waals surface area (Å²) < 4.78 is 10.1. The molecule has 0 N–H and O–H groups in total. The number of rotatable bonds is 3. The maximum absolute atomic E-state index is 13.1. The Bertz CT molecular complexity index is 1210. The minimum absolute atomic E-state index is 0.0199. The van der Waals surface area contributed by atoms with Crippen molar-refractivity contribution in [3.63, 3.8) is 0 Å². The van der Waals surface area contributed by atoms with E-state index in [4.69, 9.17) is 9.47 Å². The van der Waals surface area contributed by atoms with Crippen molar-refractivity contribution >= 4 is 29.4 Å². The first-order chi connectivity index (χ1) is 15.4. The number of thioether (sulfide) groups is 1. The molecule has 7 nitrogen and oxygen atoms in total.